The Morgan fingerprint density at radius 1 is 1.86 bits per heavy atom. The highest BCUT2D eigenvalue weighted by Crippen LogP contribution is 1.98. The summed E-state index contributed by atoms with van der Waals surface area (Å²) >= 11 is 0. The van der Waals surface area contributed by atoms with Crippen LogP contribution in [0.25, 0.3) is 0 Å². The zero-order chi connectivity index (χ0) is 5.28. The minimum Gasteiger partial charge on any atom is -0.260 e. The number of hydrazine groups is 1. The molecule has 1 aliphatic rings. The molecule has 0 amide bonds. The highest BCUT2D eigenvalue weighted by Gasteiger charge is 2.02. The molecule has 3 N–H and O–H groups in total. The van der Waals surface area contributed by atoms with Gasteiger partial charge in [-0.15, -0.1) is 0 Å². The number of nitrogens with two attached hydrogens (primary N) is 1. The third kappa shape index (κ3) is 0.876. The second kappa shape index (κ2) is 1.73. The fourth-order valence-electron chi connectivity index (χ4n) is 0.397. The van der Waals surface area contributed by atoms with E-state index in [1.54, 1.807) is 5.41 Å². The maximum absolute atomic E-state index is 7.08. The van der Waals surface area contributed by atoms with Crippen molar-refractivity contribution >= 4 is 10.9 Å². The van der Waals surface area contributed by atoms with E-state index in [9.17, 15) is 0 Å². The molecule has 0 spiro atoms. The predicted molar refractivity (Wildman–Crippen MR) is 30.1 cm³/mol. The molecule has 0 fully saturated rings. The average molecular weight is 117 g/mol. The number of hydrogen-bond acceptors (Lipinski definition) is 2. The molecule has 1 rings (SSSR count). The molecule has 3 nitrogen and oxygen atoms in total. The summed E-state index contributed by atoms with van der Waals surface area (Å²) in [7, 11) is -0.537. The summed E-state index contributed by atoms with van der Waals surface area (Å²) in [5.41, 5.74) is 0. The Kier molecular flexibility index (Phi) is 1.23. The molecule has 1 unspecified atom stereocenters. The van der Waals surface area contributed by atoms with Gasteiger partial charge in [0.2, 0.25) is 0 Å². The third-order valence-electron chi connectivity index (χ3n) is 0.763. The number of nitrogens with one attached hydrogen (secondary N) is 1. The summed E-state index contributed by atoms with van der Waals surface area (Å²) < 4.78 is 8.57. The predicted octanol–water partition coefficient (Wildman–Crippen LogP) is -0.0149. The van der Waals surface area contributed by atoms with Crippen molar-refractivity contribution in [1.29, 1.82) is 4.78 Å². The summed E-state index contributed by atoms with van der Waals surface area (Å²) in [5, 5.41) is 1.79. The van der Waals surface area contributed by atoms with Crippen LogP contribution >= 0.6 is 0 Å². The van der Waals surface area contributed by atoms with Crippen molar-refractivity contribution in [2.75, 3.05) is 6.54 Å². The molecule has 4 heteroatoms. The van der Waals surface area contributed by atoms with Crippen LogP contribution in [0.2, 0.25) is 0 Å². The van der Waals surface area contributed by atoms with Gasteiger partial charge in [0, 0.05) is 17.4 Å². The lowest BCUT2D eigenvalue weighted by atomic mass is 10.7. The van der Waals surface area contributed by atoms with Gasteiger partial charge in [-0.05, 0) is 5.41 Å². The zero-order valence-corrected chi connectivity index (χ0v) is 4.61. The van der Waals surface area contributed by atoms with Gasteiger partial charge in [0.25, 0.3) is 0 Å². The first-order valence-corrected chi connectivity index (χ1v) is 3.18. The van der Waals surface area contributed by atoms with E-state index in [1.807, 2.05) is 6.08 Å². The zero-order valence-electron chi connectivity index (χ0n) is 3.79. The highest BCUT2D eigenvalue weighted by atomic mass is 32.2. The van der Waals surface area contributed by atoms with Gasteiger partial charge in [-0.25, -0.2) is 0 Å². The van der Waals surface area contributed by atoms with Crippen LogP contribution in [0.15, 0.2) is 11.5 Å². The summed E-state index contributed by atoms with van der Waals surface area (Å²) in [5.74, 6) is 5.27. The molecule has 0 aromatic rings. The first-order valence-electron chi connectivity index (χ1n) is 1.94. The lowest BCUT2D eigenvalue weighted by molar-refractivity contribution is 0.558. The van der Waals surface area contributed by atoms with Crippen LogP contribution in [0, 0.1) is 4.78 Å². The van der Waals surface area contributed by atoms with Gasteiger partial charge in [0.15, 0.2) is 0 Å². The van der Waals surface area contributed by atoms with E-state index in [4.69, 9.17) is 10.6 Å². The Bertz CT molecular complexity index is 119. The smallest absolute Gasteiger partial charge is 0.0444 e. The maximum atomic E-state index is 7.08. The fraction of sp³-hybridized carbons (Fsp3) is 0.333. The molecular formula is C3H7N3S. The van der Waals surface area contributed by atoms with Gasteiger partial charge in [-0.2, -0.15) is 4.41 Å². The molecule has 7 heavy (non-hydrogen) atoms. The average Bonchev–Trinajstić information content (AvgIpc) is 1.91. The highest BCUT2D eigenvalue weighted by molar-refractivity contribution is 7.86. The first-order chi connectivity index (χ1) is 3.30. The van der Waals surface area contributed by atoms with Gasteiger partial charge in [-0.1, -0.05) is 6.08 Å². The monoisotopic (exact) mass is 117 g/mol. The van der Waals surface area contributed by atoms with Crippen molar-refractivity contribution in [1.82, 2.24) is 4.41 Å². The van der Waals surface area contributed by atoms with E-state index in [-0.39, 0.29) is 0 Å². The van der Waals surface area contributed by atoms with Crippen molar-refractivity contribution in [3.8, 4) is 0 Å². The topological polar surface area (TPSA) is 53.1 Å². The fourth-order valence-corrected chi connectivity index (χ4v) is 1.07. The minimum atomic E-state index is -0.537. The van der Waals surface area contributed by atoms with Gasteiger partial charge in [0.1, 0.15) is 0 Å². The van der Waals surface area contributed by atoms with E-state index >= 15 is 0 Å². The molecule has 0 saturated heterocycles. The van der Waals surface area contributed by atoms with Crippen LogP contribution in [0.5, 0.6) is 0 Å². The number of rotatable bonds is 0. The summed E-state index contributed by atoms with van der Waals surface area (Å²) in [6.07, 6.45) is 1.90. The van der Waals surface area contributed by atoms with Crippen LogP contribution in [0.3, 0.4) is 0 Å². The molecule has 0 saturated carbocycles. The molecule has 1 atom stereocenters. The van der Waals surface area contributed by atoms with Crippen molar-refractivity contribution in [3.63, 3.8) is 0 Å². The quantitative estimate of drug-likeness (QED) is 0.438. The van der Waals surface area contributed by atoms with Gasteiger partial charge in [0.05, 0.1) is 0 Å². The Hall–Kier alpha value is -0.190. The van der Waals surface area contributed by atoms with Gasteiger partial charge < -0.3 is 0 Å². The van der Waals surface area contributed by atoms with Gasteiger partial charge in [-0.3, -0.25) is 10.6 Å². The van der Waals surface area contributed by atoms with E-state index in [1.165, 1.54) is 4.41 Å². The van der Waals surface area contributed by atoms with Crippen LogP contribution in [-0.2, 0) is 10.9 Å². The first kappa shape index (κ1) is 4.96. The van der Waals surface area contributed by atoms with E-state index < -0.39 is 10.9 Å². The Labute approximate surface area is 44.8 Å². The minimum absolute atomic E-state index is 0.537. The Morgan fingerprint density at radius 3 is 2.71 bits per heavy atom. The van der Waals surface area contributed by atoms with Crippen molar-refractivity contribution in [2.45, 2.75) is 0 Å². The molecule has 1 aliphatic heterocycles. The van der Waals surface area contributed by atoms with E-state index in [0.717, 1.165) is 6.54 Å². The molecule has 0 aromatic carbocycles. The standard InChI is InChI=1S/C3H7N3S/c4-6-2-1-3-7(6)5/h1,3,5H,2,4H2. The third-order valence-corrected chi connectivity index (χ3v) is 1.87. The van der Waals surface area contributed by atoms with Crippen molar-refractivity contribution in [2.24, 2.45) is 5.84 Å². The molecule has 0 aromatic heterocycles. The van der Waals surface area contributed by atoms with E-state index in [0.29, 0.717) is 0 Å². The van der Waals surface area contributed by atoms with Crippen LogP contribution in [-0.4, -0.2) is 11.0 Å². The summed E-state index contributed by atoms with van der Waals surface area (Å²) in [6.45, 7) is 0.729. The van der Waals surface area contributed by atoms with Gasteiger partial charge >= 0.3 is 0 Å². The molecule has 0 aliphatic carbocycles. The molecular weight excluding hydrogens is 110 g/mol. The van der Waals surface area contributed by atoms with Crippen LogP contribution in [0.1, 0.15) is 0 Å². The molecule has 0 bridgehead atoms. The second-order valence-electron chi connectivity index (χ2n) is 1.29. The number of nitrogens with zero attached hydrogens (tertiary/aromatic N) is 1. The summed E-state index contributed by atoms with van der Waals surface area (Å²) in [6, 6.07) is 0. The molecule has 1 heterocycles. The second-order valence-corrected chi connectivity index (χ2v) is 2.66. The normalized spacial score (nSPS) is 31.9. The number of hydrogen-bond donors (Lipinski definition) is 2. The summed E-state index contributed by atoms with van der Waals surface area (Å²) in [4.78, 5) is 0. The Morgan fingerprint density at radius 2 is 2.57 bits per heavy atom. The lowest BCUT2D eigenvalue weighted by Crippen LogP contribution is -2.27. The maximum Gasteiger partial charge on any atom is 0.0444 e. The van der Waals surface area contributed by atoms with Crippen LogP contribution in [0.4, 0.5) is 0 Å². The Balaban J connectivity index is 2.62. The van der Waals surface area contributed by atoms with E-state index in [2.05, 4.69) is 0 Å². The van der Waals surface area contributed by atoms with Crippen molar-refractivity contribution in [3.05, 3.63) is 11.5 Å². The van der Waals surface area contributed by atoms with Crippen LogP contribution < -0.4 is 5.84 Å². The largest absolute Gasteiger partial charge is 0.260 e. The molecule has 40 valence electrons. The SMILES string of the molecule is N=S1C=CCN1N. The lowest BCUT2D eigenvalue weighted by Gasteiger charge is -2.04. The molecule has 0 radical (unpaired) electrons. The van der Waals surface area contributed by atoms with Crippen molar-refractivity contribution < 1.29 is 0 Å².